The van der Waals surface area contributed by atoms with Crippen molar-refractivity contribution in [3.05, 3.63) is 100.0 Å². The molecule has 0 atom stereocenters. The Morgan fingerprint density at radius 1 is 1.06 bits per heavy atom. The van der Waals surface area contributed by atoms with E-state index in [9.17, 15) is 14.7 Å². The SMILES string of the molecule is CCOc1cccc(C=NNC(=O)c2nn(Cc3ccccc3)c(=O)c3ccccc23)c1O. The number of hydrazone groups is 1. The van der Waals surface area contributed by atoms with E-state index in [4.69, 9.17) is 4.74 Å². The first-order chi connectivity index (χ1) is 16.1. The van der Waals surface area contributed by atoms with Gasteiger partial charge in [-0.1, -0.05) is 54.6 Å². The number of fused-ring (bicyclic) bond motifs is 1. The zero-order valence-corrected chi connectivity index (χ0v) is 17.9. The summed E-state index contributed by atoms with van der Waals surface area (Å²) in [5.41, 5.74) is 3.49. The number of rotatable bonds is 7. The first-order valence-electron chi connectivity index (χ1n) is 10.4. The van der Waals surface area contributed by atoms with E-state index in [-0.39, 0.29) is 23.5 Å². The lowest BCUT2D eigenvalue weighted by Gasteiger charge is -2.10. The van der Waals surface area contributed by atoms with Crippen molar-refractivity contribution in [3.8, 4) is 11.5 Å². The molecule has 166 valence electrons. The summed E-state index contributed by atoms with van der Waals surface area (Å²) in [4.78, 5) is 25.9. The van der Waals surface area contributed by atoms with Gasteiger partial charge in [-0.25, -0.2) is 10.1 Å². The van der Waals surface area contributed by atoms with Gasteiger partial charge in [0.25, 0.3) is 11.5 Å². The molecule has 0 unspecified atom stereocenters. The predicted molar refractivity (Wildman–Crippen MR) is 126 cm³/mol. The van der Waals surface area contributed by atoms with Crippen molar-refractivity contribution in [1.82, 2.24) is 15.2 Å². The third-order valence-electron chi connectivity index (χ3n) is 4.96. The summed E-state index contributed by atoms with van der Waals surface area (Å²) in [6.45, 7) is 2.45. The predicted octanol–water partition coefficient (Wildman–Crippen LogP) is 3.31. The molecule has 2 N–H and O–H groups in total. The van der Waals surface area contributed by atoms with Gasteiger partial charge in [-0.2, -0.15) is 10.2 Å². The molecule has 4 rings (SSSR count). The molecule has 0 aliphatic rings. The van der Waals surface area contributed by atoms with Crippen molar-refractivity contribution in [2.24, 2.45) is 5.10 Å². The van der Waals surface area contributed by atoms with Crippen LogP contribution in [0.1, 0.15) is 28.5 Å². The van der Waals surface area contributed by atoms with Crippen molar-refractivity contribution in [2.45, 2.75) is 13.5 Å². The van der Waals surface area contributed by atoms with Crippen LogP contribution in [0, 0.1) is 0 Å². The molecule has 1 heterocycles. The molecule has 0 aliphatic heterocycles. The number of hydrogen-bond acceptors (Lipinski definition) is 6. The smallest absolute Gasteiger partial charge is 0.292 e. The van der Waals surface area contributed by atoms with Gasteiger partial charge in [0.15, 0.2) is 17.2 Å². The molecule has 0 saturated carbocycles. The molecule has 1 amide bonds. The molecule has 0 radical (unpaired) electrons. The molecule has 1 aromatic heterocycles. The van der Waals surface area contributed by atoms with E-state index in [0.717, 1.165) is 5.56 Å². The monoisotopic (exact) mass is 442 g/mol. The highest BCUT2D eigenvalue weighted by atomic mass is 16.5. The van der Waals surface area contributed by atoms with Crippen molar-refractivity contribution >= 4 is 22.9 Å². The molecule has 0 fully saturated rings. The van der Waals surface area contributed by atoms with Gasteiger partial charge in [0, 0.05) is 10.9 Å². The summed E-state index contributed by atoms with van der Waals surface area (Å²) >= 11 is 0. The lowest BCUT2D eigenvalue weighted by atomic mass is 10.1. The fraction of sp³-hybridized carbons (Fsp3) is 0.120. The quantitative estimate of drug-likeness (QED) is 0.337. The molecule has 3 aromatic carbocycles. The zero-order valence-electron chi connectivity index (χ0n) is 17.9. The summed E-state index contributed by atoms with van der Waals surface area (Å²) in [7, 11) is 0. The van der Waals surface area contributed by atoms with Crippen LogP contribution in [0.2, 0.25) is 0 Å². The third-order valence-corrected chi connectivity index (χ3v) is 4.96. The number of ether oxygens (including phenoxy) is 1. The number of hydrogen-bond donors (Lipinski definition) is 2. The largest absolute Gasteiger partial charge is 0.504 e. The molecule has 8 nitrogen and oxygen atoms in total. The average Bonchev–Trinajstić information content (AvgIpc) is 2.84. The van der Waals surface area contributed by atoms with Crippen LogP contribution in [-0.4, -0.2) is 33.6 Å². The summed E-state index contributed by atoms with van der Waals surface area (Å²) in [6.07, 6.45) is 1.32. The number of aromatic nitrogens is 2. The Morgan fingerprint density at radius 2 is 1.79 bits per heavy atom. The molecule has 33 heavy (non-hydrogen) atoms. The lowest BCUT2D eigenvalue weighted by molar-refractivity contribution is 0.0949. The van der Waals surface area contributed by atoms with Crippen LogP contribution in [0.5, 0.6) is 11.5 Å². The Labute approximate surface area is 189 Å². The number of nitrogens with zero attached hydrogens (tertiary/aromatic N) is 3. The second-order valence-corrected chi connectivity index (χ2v) is 7.17. The van der Waals surface area contributed by atoms with Crippen LogP contribution < -0.4 is 15.7 Å². The zero-order chi connectivity index (χ0) is 23.2. The van der Waals surface area contributed by atoms with Gasteiger partial charge in [-0.15, -0.1) is 0 Å². The number of benzene rings is 3. The summed E-state index contributed by atoms with van der Waals surface area (Å²) in [6, 6.07) is 21.2. The molecule has 0 bridgehead atoms. The Hall–Kier alpha value is -4.46. The molecular weight excluding hydrogens is 420 g/mol. The van der Waals surface area contributed by atoms with Crippen molar-refractivity contribution in [2.75, 3.05) is 6.61 Å². The number of phenolic OH excluding ortho intramolecular Hbond substituents is 1. The van der Waals surface area contributed by atoms with Crippen LogP contribution in [0.3, 0.4) is 0 Å². The number of carbonyl (C=O) groups excluding carboxylic acids is 1. The summed E-state index contributed by atoms with van der Waals surface area (Å²) in [5, 5.41) is 19.4. The van der Waals surface area contributed by atoms with Gasteiger partial charge in [0.1, 0.15) is 0 Å². The van der Waals surface area contributed by atoms with E-state index in [2.05, 4.69) is 15.6 Å². The van der Waals surface area contributed by atoms with Crippen molar-refractivity contribution < 1.29 is 14.6 Å². The maximum Gasteiger partial charge on any atom is 0.292 e. The summed E-state index contributed by atoms with van der Waals surface area (Å²) < 4.78 is 6.63. The summed E-state index contributed by atoms with van der Waals surface area (Å²) in [5.74, 6) is -0.324. The normalized spacial score (nSPS) is 11.1. The minimum atomic E-state index is -0.579. The Balaban J connectivity index is 1.64. The highest BCUT2D eigenvalue weighted by Crippen LogP contribution is 2.28. The number of phenols is 1. The molecular formula is C25H22N4O4. The van der Waals surface area contributed by atoms with Crippen LogP contribution >= 0.6 is 0 Å². The molecule has 0 saturated heterocycles. The topological polar surface area (TPSA) is 106 Å². The standard InChI is InChI=1S/C25H22N4O4/c1-2-33-21-14-8-11-18(23(21)30)15-26-27-24(31)22-19-12-6-7-13-20(19)25(32)29(28-22)16-17-9-4-3-5-10-17/h3-15,30H,2,16H2,1H3,(H,27,31). The molecule has 8 heteroatoms. The third kappa shape index (κ3) is 4.74. The fourth-order valence-electron chi connectivity index (χ4n) is 3.40. The minimum absolute atomic E-state index is 0.0719. The number of para-hydroxylation sites is 1. The molecule has 0 aliphatic carbocycles. The van der Waals surface area contributed by atoms with E-state index >= 15 is 0 Å². The molecule has 4 aromatic rings. The van der Waals surface area contributed by atoms with E-state index in [1.807, 2.05) is 37.3 Å². The maximum absolute atomic E-state index is 12.9. The van der Waals surface area contributed by atoms with E-state index in [1.54, 1.807) is 42.5 Å². The van der Waals surface area contributed by atoms with Crippen LogP contribution in [0.4, 0.5) is 0 Å². The molecule has 0 spiro atoms. The Bertz CT molecular complexity index is 1380. The number of nitrogens with one attached hydrogen (secondary N) is 1. The van der Waals surface area contributed by atoms with Crippen molar-refractivity contribution in [3.63, 3.8) is 0 Å². The lowest BCUT2D eigenvalue weighted by Crippen LogP contribution is -2.29. The van der Waals surface area contributed by atoms with Crippen LogP contribution in [0.15, 0.2) is 82.7 Å². The highest BCUT2D eigenvalue weighted by Gasteiger charge is 2.16. The number of amides is 1. The Morgan fingerprint density at radius 3 is 2.55 bits per heavy atom. The van der Waals surface area contributed by atoms with Gasteiger partial charge >= 0.3 is 0 Å². The minimum Gasteiger partial charge on any atom is -0.504 e. The first kappa shape index (κ1) is 21.8. The second kappa shape index (κ2) is 9.78. The van der Waals surface area contributed by atoms with Crippen molar-refractivity contribution in [1.29, 1.82) is 0 Å². The average molecular weight is 442 g/mol. The number of aromatic hydroxyl groups is 1. The van der Waals surface area contributed by atoms with E-state index in [1.165, 1.54) is 10.9 Å². The van der Waals surface area contributed by atoms with Crippen LogP contribution in [-0.2, 0) is 6.54 Å². The van der Waals surface area contributed by atoms with E-state index < -0.39 is 5.91 Å². The van der Waals surface area contributed by atoms with Gasteiger partial charge < -0.3 is 9.84 Å². The van der Waals surface area contributed by atoms with Gasteiger partial charge in [0.05, 0.1) is 24.8 Å². The number of carbonyl (C=O) groups is 1. The van der Waals surface area contributed by atoms with Gasteiger partial charge in [0.2, 0.25) is 0 Å². The van der Waals surface area contributed by atoms with Gasteiger partial charge in [-0.3, -0.25) is 9.59 Å². The highest BCUT2D eigenvalue weighted by molar-refractivity contribution is 6.05. The van der Waals surface area contributed by atoms with Crippen LogP contribution in [0.25, 0.3) is 10.8 Å². The second-order valence-electron chi connectivity index (χ2n) is 7.17. The maximum atomic E-state index is 12.9. The first-order valence-corrected chi connectivity index (χ1v) is 10.4. The van der Waals surface area contributed by atoms with E-state index in [0.29, 0.717) is 28.7 Å². The fourth-order valence-corrected chi connectivity index (χ4v) is 3.40. The van der Waals surface area contributed by atoms with Gasteiger partial charge in [-0.05, 0) is 30.7 Å². The Kier molecular flexibility index (Phi) is 6.45.